The summed E-state index contributed by atoms with van der Waals surface area (Å²) in [6, 6.07) is 5.84. The fraction of sp³-hybridized carbons (Fsp3) is 0.680. The van der Waals surface area contributed by atoms with Crippen LogP contribution in [0.25, 0.3) is 0 Å². The second-order valence-electron chi connectivity index (χ2n) is 11.3. The zero-order chi connectivity index (χ0) is 22.3. The van der Waals surface area contributed by atoms with Crippen LogP contribution in [0.5, 0.6) is 0 Å². The van der Waals surface area contributed by atoms with Crippen LogP contribution in [0.1, 0.15) is 56.9 Å². The van der Waals surface area contributed by atoms with Crippen LogP contribution in [0.4, 0.5) is 5.69 Å². The Labute approximate surface area is 193 Å². The number of nitrogens with zero attached hydrogens (tertiary/aromatic N) is 1. The first-order valence-electron chi connectivity index (χ1n) is 12.1. The highest BCUT2D eigenvalue weighted by molar-refractivity contribution is 6.31. The number of aliphatic hydroxyl groups is 1. The smallest absolute Gasteiger partial charge is 0.244 e. The van der Waals surface area contributed by atoms with E-state index in [4.69, 9.17) is 17.3 Å². The number of anilines is 1. The molecule has 5 saturated carbocycles. The molecule has 5 aliphatic carbocycles. The molecular formula is C25H32ClN3O3. The topological polar surface area (TPSA) is 95.7 Å². The van der Waals surface area contributed by atoms with Crippen LogP contribution in [-0.2, 0) is 16.0 Å². The van der Waals surface area contributed by atoms with E-state index in [2.05, 4.69) is 10.2 Å². The second kappa shape index (κ2) is 7.18. The largest absolute Gasteiger partial charge is 0.390 e. The van der Waals surface area contributed by atoms with Gasteiger partial charge in [0.05, 0.1) is 11.1 Å². The monoisotopic (exact) mass is 457 g/mol. The van der Waals surface area contributed by atoms with Crippen molar-refractivity contribution >= 4 is 29.1 Å². The molecule has 4 bridgehead atoms. The van der Waals surface area contributed by atoms with E-state index in [1.807, 2.05) is 12.1 Å². The first-order valence-corrected chi connectivity index (χ1v) is 12.5. The highest BCUT2D eigenvalue weighted by atomic mass is 35.5. The van der Waals surface area contributed by atoms with Crippen LogP contribution < -0.4 is 11.1 Å². The molecule has 0 aromatic heterocycles. The van der Waals surface area contributed by atoms with Crippen LogP contribution in [0.15, 0.2) is 18.2 Å². The van der Waals surface area contributed by atoms with Crippen LogP contribution in [0.2, 0.25) is 5.02 Å². The molecule has 32 heavy (non-hydrogen) atoms. The lowest BCUT2D eigenvalue weighted by molar-refractivity contribution is -0.168. The lowest BCUT2D eigenvalue weighted by atomic mass is 9.52. The van der Waals surface area contributed by atoms with Gasteiger partial charge in [-0.15, -0.1) is 0 Å². The zero-order valence-corrected chi connectivity index (χ0v) is 19.1. The number of benzene rings is 1. The molecule has 4 N–H and O–H groups in total. The van der Waals surface area contributed by atoms with E-state index in [0.717, 1.165) is 37.8 Å². The molecule has 7 heteroatoms. The van der Waals surface area contributed by atoms with Crippen LogP contribution >= 0.6 is 11.6 Å². The minimum Gasteiger partial charge on any atom is -0.390 e. The molecule has 1 saturated heterocycles. The molecular weight excluding hydrogens is 426 g/mol. The molecule has 1 aromatic rings. The summed E-state index contributed by atoms with van der Waals surface area (Å²) >= 11 is 6.53. The van der Waals surface area contributed by atoms with Gasteiger partial charge >= 0.3 is 0 Å². The molecule has 6 fully saturated rings. The maximum atomic E-state index is 13.4. The normalized spacial score (nSPS) is 38.9. The van der Waals surface area contributed by atoms with Crippen LogP contribution in [0.3, 0.4) is 0 Å². The number of nitrogens with two attached hydrogens (primary N) is 1. The average Bonchev–Trinajstić information content (AvgIpc) is 3.38. The number of hydrogen-bond acceptors (Lipinski definition) is 4. The SMILES string of the molecule is NC1(C(=O)Nc2ccc(CC3CCN(C4C5CC6CC4CC(O)(C6)C5)C3=O)c(Cl)c2)CC1. The van der Waals surface area contributed by atoms with Crippen molar-refractivity contribution in [2.45, 2.75) is 75.0 Å². The van der Waals surface area contributed by atoms with Gasteiger partial charge in [-0.1, -0.05) is 17.7 Å². The minimum absolute atomic E-state index is 0.0491. The highest BCUT2D eigenvalue weighted by Crippen LogP contribution is 2.57. The molecule has 1 aliphatic heterocycles. The lowest BCUT2D eigenvalue weighted by Crippen LogP contribution is -2.62. The highest BCUT2D eigenvalue weighted by Gasteiger charge is 2.57. The summed E-state index contributed by atoms with van der Waals surface area (Å²) in [4.78, 5) is 27.7. The molecule has 3 atom stereocenters. The van der Waals surface area contributed by atoms with Crippen molar-refractivity contribution in [3.8, 4) is 0 Å². The predicted molar refractivity (Wildman–Crippen MR) is 122 cm³/mol. The number of rotatable bonds is 5. The molecule has 2 amide bonds. The van der Waals surface area contributed by atoms with Gasteiger partial charge in [-0.2, -0.15) is 0 Å². The van der Waals surface area contributed by atoms with Gasteiger partial charge in [-0.05, 0) is 93.2 Å². The van der Waals surface area contributed by atoms with Crippen LogP contribution in [0, 0.1) is 23.7 Å². The summed E-state index contributed by atoms with van der Waals surface area (Å²) in [7, 11) is 0. The predicted octanol–water partition coefficient (Wildman–Crippen LogP) is 3.10. The molecule has 0 spiro atoms. The number of halogens is 1. The first-order chi connectivity index (χ1) is 15.2. The van der Waals surface area contributed by atoms with Crippen LogP contribution in [-0.4, -0.2) is 45.5 Å². The standard InChI is InChI=1S/C25H32ClN3O3/c26-20-10-19(28-23(31)25(27)4-5-25)2-1-15(20)9-16-3-6-29(22(16)30)21-17-7-14-8-18(21)13-24(32,11-14)12-17/h1-2,10,14,16-18,21,32H,3-9,11-13,27H2,(H,28,31). The number of hydrogen-bond donors (Lipinski definition) is 3. The Morgan fingerprint density at radius 3 is 2.56 bits per heavy atom. The molecule has 3 unspecified atom stereocenters. The Balaban J connectivity index is 1.12. The zero-order valence-electron chi connectivity index (χ0n) is 18.4. The van der Waals surface area contributed by atoms with Crippen molar-refractivity contribution in [2.75, 3.05) is 11.9 Å². The summed E-state index contributed by atoms with van der Waals surface area (Å²) in [6.45, 7) is 0.814. The maximum Gasteiger partial charge on any atom is 0.244 e. The van der Waals surface area contributed by atoms with Gasteiger partial charge in [-0.25, -0.2) is 0 Å². The molecule has 6 aliphatic rings. The fourth-order valence-electron chi connectivity index (χ4n) is 7.39. The molecule has 172 valence electrons. The van der Waals surface area contributed by atoms with Gasteiger partial charge in [0.2, 0.25) is 11.8 Å². The summed E-state index contributed by atoms with van der Waals surface area (Å²) in [6.07, 6.45) is 7.93. The number of carbonyl (C=O) groups excluding carboxylic acids is 2. The van der Waals surface area contributed by atoms with Gasteiger partial charge < -0.3 is 21.1 Å². The van der Waals surface area contributed by atoms with Gasteiger partial charge in [0.1, 0.15) is 0 Å². The van der Waals surface area contributed by atoms with E-state index in [9.17, 15) is 14.7 Å². The first kappa shape index (κ1) is 20.9. The van der Waals surface area contributed by atoms with Crippen molar-refractivity contribution in [1.82, 2.24) is 4.90 Å². The van der Waals surface area contributed by atoms with Gasteiger partial charge in [0.15, 0.2) is 0 Å². The number of carbonyl (C=O) groups is 2. The Hall–Kier alpha value is -1.63. The second-order valence-corrected chi connectivity index (χ2v) is 11.7. The average molecular weight is 458 g/mol. The summed E-state index contributed by atoms with van der Waals surface area (Å²) < 4.78 is 0. The molecule has 7 rings (SSSR count). The summed E-state index contributed by atoms with van der Waals surface area (Å²) in [5.41, 5.74) is 6.35. The van der Waals surface area contributed by atoms with Crippen molar-refractivity contribution in [1.29, 1.82) is 0 Å². The summed E-state index contributed by atoms with van der Waals surface area (Å²) in [5.74, 6) is 1.60. The number of amides is 2. The van der Waals surface area contributed by atoms with Crippen molar-refractivity contribution in [3.05, 3.63) is 28.8 Å². The Morgan fingerprint density at radius 1 is 1.22 bits per heavy atom. The third-order valence-corrected chi connectivity index (χ3v) is 9.27. The van der Waals surface area contributed by atoms with E-state index in [-0.39, 0.29) is 17.7 Å². The van der Waals surface area contributed by atoms with Crippen molar-refractivity contribution < 1.29 is 14.7 Å². The summed E-state index contributed by atoms with van der Waals surface area (Å²) in [5, 5.41) is 14.3. The third kappa shape index (κ3) is 3.46. The van der Waals surface area contributed by atoms with E-state index in [1.54, 1.807) is 6.07 Å². The van der Waals surface area contributed by atoms with E-state index < -0.39 is 11.1 Å². The van der Waals surface area contributed by atoms with Gasteiger partial charge in [0, 0.05) is 29.2 Å². The molecule has 6 nitrogen and oxygen atoms in total. The van der Waals surface area contributed by atoms with E-state index >= 15 is 0 Å². The van der Waals surface area contributed by atoms with E-state index in [0.29, 0.717) is 53.8 Å². The third-order valence-electron chi connectivity index (χ3n) is 8.92. The fourth-order valence-corrected chi connectivity index (χ4v) is 7.64. The van der Waals surface area contributed by atoms with Gasteiger partial charge in [0.25, 0.3) is 0 Å². The maximum absolute atomic E-state index is 13.4. The lowest BCUT2D eigenvalue weighted by Gasteiger charge is -2.59. The Morgan fingerprint density at radius 2 is 1.94 bits per heavy atom. The Kier molecular flexibility index (Phi) is 4.70. The minimum atomic E-state index is -0.724. The quantitative estimate of drug-likeness (QED) is 0.633. The number of likely N-dealkylation sites (tertiary alicyclic amines) is 1. The number of nitrogens with one attached hydrogen (secondary N) is 1. The van der Waals surface area contributed by atoms with Crippen molar-refractivity contribution in [3.63, 3.8) is 0 Å². The molecule has 1 heterocycles. The molecule has 1 aromatic carbocycles. The van der Waals surface area contributed by atoms with E-state index in [1.165, 1.54) is 12.8 Å². The van der Waals surface area contributed by atoms with Crippen molar-refractivity contribution in [2.24, 2.45) is 29.4 Å². The molecule has 0 radical (unpaired) electrons. The Bertz CT molecular complexity index is 961. The van der Waals surface area contributed by atoms with Gasteiger partial charge in [-0.3, -0.25) is 9.59 Å².